The number of methoxy groups -OCH3 is 1. The Morgan fingerprint density at radius 2 is 2.12 bits per heavy atom. The number of carbonyl (C=O) groups is 1. The molecule has 1 saturated carbocycles. The van der Waals surface area contributed by atoms with Gasteiger partial charge in [-0.15, -0.1) is 0 Å². The van der Waals surface area contributed by atoms with Crippen molar-refractivity contribution >= 4 is 34.3 Å². The number of rotatable bonds is 6. The second kappa shape index (κ2) is 7.59. The number of amides is 1. The number of carbonyl (C=O) groups excluding carboxylic acids is 1. The fourth-order valence-electron chi connectivity index (χ4n) is 3.56. The number of halogens is 1. The average molecular weight is 436 g/mol. The maximum absolute atomic E-state index is 13.3. The van der Waals surface area contributed by atoms with Gasteiger partial charge < -0.3 is 20.4 Å². The minimum Gasteiger partial charge on any atom is -0.494 e. The number of alkyl halides is 1. The number of pyridine rings is 1. The van der Waals surface area contributed by atoms with Gasteiger partial charge in [0.2, 0.25) is 5.91 Å². The first-order valence-electron chi connectivity index (χ1n) is 10.0. The molecule has 4 aromatic rings. The van der Waals surface area contributed by atoms with E-state index in [-0.39, 0.29) is 12.3 Å². The van der Waals surface area contributed by atoms with Crippen LogP contribution in [0, 0.1) is 12.8 Å². The summed E-state index contributed by atoms with van der Waals surface area (Å²) in [6.45, 7) is 1.82. The van der Waals surface area contributed by atoms with Crippen LogP contribution < -0.4 is 15.4 Å². The fourth-order valence-corrected chi connectivity index (χ4v) is 3.56. The number of nitrogens with one attached hydrogen (secondary N) is 3. The number of aromatic amines is 1. The monoisotopic (exact) mass is 436 g/mol. The minimum absolute atomic E-state index is 0.244. The van der Waals surface area contributed by atoms with Crippen LogP contribution in [0.4, 0.5) is 21.6 Å². The maximum Gasteiger partial charge on any atom is 0.231 e. The van der Waals surface area contributed by atoms with E-state index in [0.29, 0.717) is 45.8 Å². The summed E-state index contributed by atoms with van der Waals surface area (Å²) in [7, 11) is 3.36. The van der Waals surface area contributed by atoms with Crippen LogP contribution in [0.3, 0.4) is 0 Å². The van der Waals surface area contributed by atoms with E-state index in [4.69, 9.17) is 4.74 Å². The van der Waals surface area contributed by atoms with Gasteiger partial charge in [0.05, 0.1) is 30.0 Å². The van der Waals surface area contributed by atoms with Crippen LogP contribution in [-0.4, -0.2) is 48.9 Å². The Balaban J connectivity index is 1.54. The molecular formula is C21H21FN8O2. The van der Waals surface area contributed by atoms with Crippen molar-refractivity contribution < 1.29 is 13.9 Å². The van der Waals surface area contributed by atoms with Gasteiger partial charge in [0.15, 0.2) is 17.2 Å². The second-order valence-corrected chi connectivity index (χ2v) is 7.68. The molecule has 1 aliphatic rings. The first-order valence-corrected chi connectivity index (χ1v) is 10.0. The zero-order valence-corrected chi connectivity index (χ0v) is 17.7. The van der Waals surface area contributed by atoms with E-state index in [1.54, 1.807) is 31.2 Å². The molecule has 0 bridgehead atoms. The van der Waals surface area contributed by atoms with E-state index in [0.717, 1.165) is 5.56 Å². The Bertz CT molecular complexity index is 1330. The molecule has 32 heavy (non-hydrogen) atoms. The first-order chi connectivity index (χ1) is 15.4. The molecule has 3 N–H and O–H groups in total. The lowest BCUT2D eigenvalue weighted by molar-refractivity contribution is -0.117. The molecule has 0 aliphatic heterocycles. The number of hydrogen-bond donors (Lipinski definition) is 3. The Morgan fingerprint density at radius 1 is 1.31 bits per heavy atom. The average Bonchev–Trinajstić information content (AvgIpc) is 3.14. The third-order valence-electron chi connectivity index (χ3n) is 5.20. The number of aryl methyl sites for hydroxylation is 2. The summed E-state index contributed by atoms with van der Waals surface area (Å²) in [6.07, 6.45) is 0.774. The van der Waals surface area contributed by atoms with E-state index in [1.807, 2.05) is 25.1 Å². The molecule has 1 fully saturated rings. The smallest absolute Gasteiger partial charge is 0.231 e. The molecule has 0 saturated heterocycles. The fraction of sp³-hybridized carbons (Fsp3) is 0.286. The normalized spacial score (nSPS) is 17.4. The van der Waals surface area contributed by atoms with Crippen LogP contribution in [-0.2, 0) is 11.8 Å². The van der Waals surface area contributed by atoms with Gasteiger partial charge in [0.1, 0.15) is 29.7 Å². The largest absolute Gasteiger partial charge is 0.494 e. The van der Waals surface area contributed by atoms with Gasteiger partial charge in [-0.1, -0.05) is 6.07 Å². The SMILES string of the molecule is COc1c(Nc2cc(NC(=O)[C@H]3C[C@H]3F)nc3[nH]c(C)nc23)cccc1-c1ncn(C)n1. The summed E-state index contributed by atoms with van der Waals surface area (Å²) in [6, 6.07) is 7.26. The van der Waals surface area contributed by atoms with Crippen molar-refractivity contribution in [2.24, 2.45) is 13.0 Å². The van der Waals surface area contributed by atoms with E-state index in [9.17, 15) is 9.18 Å². The highest BCUT2D eigenvalue weighted by molar-refractivity contribution is 5.97. The second-order valence-electron chi connectivity index (χ2n) is 7.68. The molecule has 10 nitrogen and oxygen atoms in total. The summed E-state index contributed by atoms with van der Waals surface area (Å²) >= 11 is 0. The quantitative estimate of drug-likeness (QED) is 0.424. The lowest BCUT2D eigenvalue weighted by Gasteiger charge is -2.15. The number of imidazole rings is 1. The number of benzene rings is 1. The number of aromatic nitrogens is 6. The van der Waals surface area contributed by atoms with Crippen molar-refractivity contribution in [1.82, 2.24) is 29.7 Å². The van der Waals surface area contributed by atoms with Crippen molar-refractivity contribution in [3.8, 4) is 17.1 Å². The summed E-state index contributed by atoms with van der Waals surface area (Å²) < 4.78 is 20.6. The van der Waals surface area contributed by atoms with Crippen molar-refractivity contribution in [2.75, 3.05) is 17.7 Å². The highest BCUT2D eigenvalue weighted by Crippen LogP contribution is 2.38. The summed E-state index contributed by atoms with van der Waals surface area (Å²) in [5.74, 6) is 1.06. The molecule has 0 radical (unpaired) electrons. The van der Waals surface area contributed by atoms with Crippen LogP contribution in [0.25, 0.3) is 22.6 Å². The van der Waals surface area contributed by atoms with E-state index in [2.05, 4.69) is 35.7 Å². The van der Waals surface area contributed by atoms with Crippen molar-refractivity contribution in [1.29, 1.82) is 0 Å². The Morgan fingerprint density at radius 3 is 2.81 bits per heavy atom. The van der Waals surface area contributed by atoms with Crippen LogP contribution >= 0.6 is 0 Å². The molecule has 1 aromatic carbocycles. The van der Waals surface area contributed by atoms with E-state index in [1.165, 1.54) is 0 Å². The Labute approximate surface area is 182 Å². The summed E-state index contributed by atoms with van der Waals surface area (Å²) in [5.41, 5.74) is 3.08. The molecular weight excluding hydrogens is 415 g/mol. The molecule has 5 rings (SSSR count). The highest BCUT2D eigenvalue weighted by Gasteiger charge is 2.43. The number of fused-ring (bicyclic) bond motifs is 1. The zero-order chi connectivity index (χ0) is 22.4. The number of H-pyrrole nitrogens is 1. The predicted molar refractivity (Wildman–Crippen MR) is 117 cm³/mol. The third-order valence-corrected chi connectivity index (χ3v) is 5.20. The zero-order valence-electron chi connectivity index (χ0n) is 17.7. The van der Waals surface area contributed by atoms with Gasteiger partial charge in [-0.25, -0.2) is 19.3 Å². The number of ether oxygens (including phenoxy) is 1. The van der Waals surface area contributed by atoms with Gasteiger partial charge in [0, 0.05) is 13.1 Å². The van der Waals surface area contributed by atoms with Gasteiger partial charge in [0.25, 0.3) is 0 Å². The standard InChI is InChI=1S/C21H21FN8O2/c1-10-24-17-15(8-16(27-20(17)25-10)28-21(31)12-7-13(12)22)26-14-6-4-5-11(18(14)32-3)19-23-9-30(2)29-19/h4-6,8-9,12-13H,7H2,1-3H3,(H3,24,25,26,27,28,31)/t12-,13+/m0/s1. The molecule has 1 amide bonds. The number of anilines is 3. The van der Waals surface area contributed by atoms with Crippen molar-refractivity contribution in [3.05, 3.63) is 36.4 Å². The predicted octanol–water partition coefficient (Wildman–Crippen LogP) is 3.11. The molecule has 0 unspecified atom stereocenters. The van der Waals surface area contributed by atoms with E-state index < -0.39 is 12.1 Å². The van der Waals surface area contributed by atoms with Crippen LogP contribution in [0.1, 0.15) is 12.2 Å². The lowest BCUT2D eigenvalue weighted by atomic mass is 10.1. The highest BCUT2D eigenvalue weighted by atomic mass is 19.1. The van der Waals surface area contributed by atoms with Crippen LogP contribution in [0.2, 0.25) is 0 Å². The van der Waals surface area contributed by atoms with Crippen LogP contribution in [0.15, 0.2) is 30.6 Å². The van der Waals surface area contributed by atoms with Gasteiger partial charge >= 0.3 is 0 Å². The first kappa shape index (κ1) is 19.9. The number of nitrogens with zero attached hydrogens (tertiary/aromatic N) is 5. The number of hydrogen-bond acceptors (Lipinski definition) is 7. The molecule has 164 valence electrons. The molecule has 3 heterocycles. The lowest BCUT2D eigenvalue weighted by Crippen LogP contribution is -2.16. The van der Waals surface area contributed by atoms with Gasteiger partial charge in [-0.3, -0.25) is 9.48 Å². The van der Waals surface area contributed by atoms with Crippen LogP contribution in [0.5, 0.6) is 5.75 Å². The molecule has 0 spiro atoms. The number of para-hydroxylation sites is 1. The molecule has 2 atom stereocenters. The van der Waals surface area contributed by atoms with Gasteiger partial charge in [-0.05, 0) is 25.5 Å². The van der Waals surface area contributed by atoms with E-state index >= 15 is 0 Å². The summed E-state index contributed by atoms with van der Waals surface area (Å²) in [4.78, 5) is 28.5. The topological polar surface area (TPSA) is 123 Å². The molecule has 11 heteroatoms. The molecule has 3 aromatic heterocycles. The minimum atomic E-state index is -1.09. The maximum atomic E-state index is 13.3. The molecule has 1 aliphatic carbocycles. The Hall–Kier alpha value is -4.02. The van der Waals surface area contributed by atoms with Crippen molar-refractivity contribution in [2.45, 2.75) is 19.5 Å². The summed E-state index contributed by atoms with van der Waals surface area (Å²) in [5, 5.41) is 10.4. The Kier molecular flexibility index (Phi) is 4.72. The van der Waals surface area contributed by atoms with Gasteiger partial charge in [-0.2, -0.15) is 5.10 Å². The van der Waals surface area contributed by atoms with Crippen molar-refractivity contribution in [3.63, 3.8) is 0 Å². The third kappa shape index (κ3) is 3.61.